The second kappa shape index (κ2) is 8.35. The van der Waals surface area contributed by atoms with E-state index >= 15 is 0 Å². The van der Waals surface area contributed by atoms with E-state index in [4.69, 9.17) is 9.84 Å². The van der Waals surface area contributed by atoms with Gasteiger partial charge in [-0.05, 0) is 37.1 Å². The first-order valence-electron chi connectivity index (χ1n) is 9.78. The number of nitrogens with one attached hydrogen (secondary N) is 1. The maximum atomic E-state index is 12.4. The summed E-state index contributed by atoms with van der Waals surface area (Å²) in [5.41, 5.74) is 0. The number of morpholine rings is 1. The van der Waals surface area contributed by atoms with Crippen LogP contribution in [0, 0.1) is 0 Å². The van der Waals surface area contributed by atoms with Crippen molar-refractivity contribution in [2.24, 2.45) is 0 Å². The minimum absolute atomic E-state index is 0.182. The highest BCUT2D eigenvalue weighted by Gasteiger charge is 2.38. The third kappa shape index (κ3) is 4.12. The number of aliphatic hydroxyl groups is 1. The number of hydrogen-bond donors (Lipinski definition) is 2. The maximum absolute atomic E-state index is 12.4. The lowest BCUT2D eigenvalue weighted by Gasteiger charge is -2.35. The average molecular weight is 380 g/mol. The molecule has 0 aromatic carbocycles. The number of fused-ring (bicyclic) bond motifs is 1. The number of ether oxygens (including phenoxy) is 1. The topological polar surface area (TPSA) is 65.0 Å². The number of piperidine rings is 1. The first kappa shape index (κ1) is 18.4. The molecule has 144 valence electrons. The van der Waals surface area contributed by atoms with Crippen molar-refractivity contribution in [3.63, 3.8) is 0 Å². The van der Waals surface area contributed by atoms with Crippen LogP contribution in [0.5, 0.6) is 0 Å². The van der Waals surface area contributed by atoms with Crippen molar-refractivity contribution >= 4 is 17.2 Å². The van der Waals surface area contributed by atoms with E-state index in [2.05, 4.69) is 10.2 Å². The fourth-order valence-electron chi connectivity index (χ4n) is 4.52. The number of carbonyl (C=O) groups excluding carboxylic acids is 1. The molecule has 0 radical (unpaired) electrons. The van der Waals surface area contributed by atoms with Crippen molar-refractivity contribution in [3.05, 3.63) is 22.4 Å². The molecule has 3 fully saturated rings. The Balaban J connectivity index is 1.22. The lowest BCUT2D eigenvalue weighted by Crippen LogP contribution is -2.48. The van der Waals surface area contributed by atoms with Crippen LogP contribution in [0.3, 0.4) is 0 Å². The molecule has 7 heteroatoms. The molecule has 2 N–H and O–H groups in total. The smallest absolute Gasteiger partial charge is 0.263 e. The predicted molar refractivity (Wildman–Crippen MR) is 102 cm³/mol. The van der Waals surface area contributed by atoms with E-state index in [-0.39, 0.29) is 18.6 Å². The van der Waals surface area contributed by atoms with Crippen molar-refractivity contribution in [3.8, 4) is 0 Å². The van der Waals surface area contributed by atoms with E-state index in [0.29, 0.717) is 18.1 Å². The van der Waals surface area contributed by atoms with Crippen molar-refractivity contribution < 1.29 is 14.6 Å². The van der Waals surface area contributed by atoms with Gasteiger partial charge in [0.2, 0.25) is 0 Å². The zero-order valence-electron chi connectivity index (χ0n) is 15.2. The molecule has 3 unspecified atom stereocenters. The third-order valence-electron chi connectivity index (χ3n) is 5.93. The summed E-state index contributed by atoms with van der Waals surface area (Å²) in [6.07, 6.45) is 4.11. The molecule has 3 aliphatic heterocycles. The summed E-state index contributed by atoms with van der Waals surface area (Å²) in [6, 6.07) is 5.39. The molecule has 6 nitrogen and oxygen atoms in total. The first-order chi connectivity index (χ1) is 12.7. The molecule has 3 atom stereocenters. The SMILES string of the molecule is O=C(c1cccs1)N1CCC(NC2CC3COC(CCO)CN3C2)CC1. The third-order valence-corrected chi connectivity index (χ3v) is 6.78. The lowest BCUT2D eigenvalue weighted by atomic mass is 10.0. The van der Waals surface area contributed by atoms with E-state index in [1.807, 2.05) is 22.4 Å². The van der Waals surface area contributed by atoms with Crippen LogP contribution in [0.4, 0.5) is 0 Å². The van der Waals surface area contributed by atoms with Crippen molar-refractivity contribution in [1.29, 1.82) is 0 Å². The first-order valence-corrected chi connectivity index (χ1v) is 10.7. The number of aliphatic hydroxyl groups excluding tert-OH is 1. The number of hydrogen-bond acceptors (Lipinski definition) is 6. The Morgan fingerprint density at radius 1 is 1.31 bits per heavy atom. The van der Waals surface area contributed by atoms with Crippen molar-refractivity contribution in [2.75, 3.05) is 39.4 Å². The molecular weight excluding hydrogens is 350 g/mol. The van der Waals surface area contributed by atoms with Gasteiger partial charge in [0, 0.05) is 50.9 Å². The number of likely N-dealkylation sites (tertiary alicyclic amines) is 1. The Hall–Kier alpha value is -0.990. The molecule has 1 amide bonds. The molecule has 0 aliphatic carbocycles. The van der Waals surface area contributed by atoms with E-state index in [0.717, 1.165) is 63.3 Å². The largest absolute Gasteiger partial charge is 0.396 e. The zero-order valence-corrected chi connectivity index (χ0v) is 16.0. The monoisotopic (exact) mass is 379 g/mol. The van der Waals surface area contributed by atoms with Crippen LogP contribution in [0.1, 0.15) is 35.4 Å². The van der Waals surface area contributed by atoms with Crippen LogP contribution in [0.15, 0.2) is 17.5 Å². The molecule has 0 saturated carbocycles. The molecule has 4 rings (SSSR count). The number of thiophene rings is 1. The molecule has 0 spiro atoms. The second-order valence-corrected chi connectivity index (χ2v) is 8.67. The zero-order chi connectivity index (χ0) is 17.9. The van der Waals surface area contributed by atoms with Crippen LogP contribution in [-0.2, 0) is 4.74 Å². The van der Waals surface area contributed by atoms with Gasteiger partial charge in [0.15, 0.2) is 0 Å². The van der Waals surface area contributed by atoms with Gasteiger partial charge in [-0.1, -0.05) is 6.07 Å². The van der Waals surface area contributed by atoms with Gasteiger partial charge in [-0.25, -0.2) is 0 Å². The molecule has 1 aromatic rings. The number of rotatable bonds is 5. The van der Waals surface area contributed by atoms with E-state index in [1.165, 1.54) is 11.3 Å². The quantitative estimate of drug-likeness (QED) is 0.804. The molecule has 3 aliphatic rings. The van der Waals surface area contributed by atoms with Crippen LogP contribution < -0.4 is 5.32 Å². The van der Waals surface area contributed by atoms with Gasteiger partial charge >= 0.3 is 0 Å². The number of nitrogens with zero attached hydrogens (tertiary/aromatic N) is 2. The van der Waals surface area contributed by atoms with Crippen LogP contribution in [0.2, 0.25) is 0 Å². The molecule has 0 bridgehead atoms. The highest BCUT2D eigenvalue weighted by molar-refractivity contribution is 7.12. The fraction of sp³-hybridized carbons (Fsp3) is 0.737. The van der Waals surface area contributed by atoms with Gasteiger partial charge in [0.1, 0.15) is 0 Å². The molecule has 3 saturated heterocycles. The predicted octanol–water partition coefficient (Wildman–Crippen LogP) is 1.17. The lowest BCUT2D eigenvalue weighted by molar-refractivity contribution is -0.0567. The summed E-state index contributed by atoms with van der Waals surface area (Å²) >= 11 is 1.53. The Labute approximate surface area is 159 Å². The summed E-state index contributed by atoms with van der Waals surface area (Å²) in [6.45, 7) is 4.69. The average Bonchev–Trinajstić information content (AvgIpc) is 3.31. The van der Waals surface area contributed by atoms with Crippen molar-refractivity contribution in [1.82, 2.24) is 15.1 Å². The van der Waals surface area contributed by atoms with E-state index < -0.39 is 0 Å². The van der Waals surface area contributed by atoms with Gasteiger partial charge in [-0.15, -0.1) is 11.3 Å². The standard InChI is InChI=1S/C19H29N3O3S/c23-8-5-17-12-22-11-15(10-16(22)13-25-17)20-14-3-6-21(7-4-14)19(24)18-2-1-9-26-18/h1-2,9,14-17,20,23H,3-8,10-13H2. The van der Waals surface area contributed by atoms with Crippen LogP contribution in [-0.4, -0.2) is 84.4 Å². The van der Waals surface area contributed by atoms with Gasteiger partial charge < -0.3 is 20.1 Å². The van der Waals surface area contributed by atoms with E-state index in [1.54, 1.807) is 0 Å². The van der Waals surface area contributed by atoms with Crippen LogP contribution >= 0.6 is 11.3 Å². The van der Waals surface area contributed by atoms with Crippen LogP contribution in [0.25, 0.3) is 0 Å². The Morgan fingerprint density at radius 3 is 2.88 bits per heavy atom. The maximum Gasteiger partial charge on any atom is 0.263 e. The highest BCUT2D eigenvalue weighted by Crippen LogP contribution is 2.25. The summed E-state index contributed by atoms with van der Waals surface area (Å²) in [5, 5.41) is 14.9. The summed E-state index contributed by atoms with van der Waals surface area (Å²) in [4.78, 5) is 17.8. The summed E-state index contributed by atoms with van der Waals surface area (Å²) in [5.74, 6) is 0.184. The summed E-state index contributed by atoms with van der Waals surface area (Å²) < 4.78 is 5.87. The molecule has 1 aromatic heterocycles. The van der Waals surface area contributed by atoms with Gasteiger partial charge in [0.25, 0.3) is 5.91 Å². The number of amides is 1. The minimum Gasteiger partial charge on any atom is -0.396 e. The van der Waals surface area contributed by atoms with Gasteiger partial charge in [-0.3, -0.25) is 9.69 Å². The van der Waals surface area contributed by atoms with Crippen molar-refractivity contribution in [2.45, 2.75) is 49.9 Å². The Bertz CT molecular complexity index is 589. The highest BCUT2D eigenvalue weighted by atomic mass is 32.1. The Morgan fingerprint density at radius 2 is 2.15 bits per heavy atom. The molecule has 4 heterocycles. The summed E-state index contributed by atoms with van der Waals surface area (Å²) in [7, 11) is 0. The normalized spacial score (nSPS) is 30.5. The Kier molecular flexibility index (Phi) is 5.90. The van der Waals surface area contributed by atoms with Gasteiger partial charge in [-0.2, -0.15) is 0 Å². The molecular formula is C19H29N3O3S. The van der Waals surface area contributed by atoms with E-state index in [9.17, 15) is 4.79 Å². The fourth-order valence-corrected chi connectivity index (χ4v) is 5.21. The molecule has 26 heavy (non-hydrogen) atoms. The second-order valence-electron chi connectivity index (χ2n) is 7.72. The minimum atomic E-state index is 0.182. The number of carbonyl (C=O) groups is 1. The van der Waals surface area contributed by atoms with Gasteiger partial charge in [0.05, 0.1) is 17.6 Å².